The molecule has 0 saturated carbocycles. The van der Waals surface area contributed by atoms with Gasteiger partial charge in [-0.15, -0.1) is 0 Å². The predicted octanol–water partition coefficient (Wildman–Crippen LogP) is 2.27. The van der Waals surface area contributed by atoms with Gasteiger partial charge in [0.25, 0.3) is 0 Å². The van der Waals surface area contributed by atoms with Crippen molar-refractivity contribution in [2.24, 2.45) is 0 Å². The Morgan fingerprint density at radius 2 is 1.90 bits per heavy atom. The first kappa shape index (κ1) is 15.8. The Morgan fingerprint density at radius 1 is 1.24 bits per heavy atom. The van der Waals surface area contributed by atoms with E-state index in [2.05, 4.69) is 42.3 Å². The van der Waals surface area contributed by atoms with Gasteiger partial charge in [0.05, 0.1) is 6.54 Å². The Morgan fingerprint density at radius 3 is 2.48 bits per heavy atom. The van der Waals surface area contributed by atoms with Crippen molar-refractivity contribution < 1.29 is 4.79 Å². The Bertz CT molecular complexity index is 491. The van der Waals surface area contributed by atoms with Gasteiger partial charge in [0.15, 0.2) is 0 Å². The number of carbonyl (C=O) groups is 1. The van der Waals surface area contributed by atoms with Gasteiger partial charge in [0.2, 0.25) is 5.91 Å². The molecule has 1 amide bonds. The molecule has 0 atom stereocenters. The summed E-state index contributed by atoms with van der Waals surface area (Å²) in [6.07, 6.45) is 2.18. The van der Waals surface area contributed by atoms with Gasteiger partial charge < -0.3 is 10.2 Å². The Labute approximate surface area is 128 Å². The van der Waals surface area contributed by atoms with Crippen LogP contribution >= 0.6 is 0 Å². The van der Waals surface area contributed by atoms with E-state index in [1.807, 2.05) is 14.1 Å². The van der Waals surface area contributed by atoms with Crippen LogP contribution in [-0.2, 0) is 4.79 Å². The number of likely N-dealkylation sites (tertiary alicyclic amines) is 1. The summed E-state index contributed by atoms with van der Waals surface area (Å²) in [4.78, 5) is 15.6. The van der Waals surface area contributed by atoms with Gasteiger partial charge in [0.1, 0.15) is 0 Å². The number of amides is 1. The summed E-state index contributed by atoms with van der Waals surface area (Å²) >= 11 is 0. The molecule has 1 heterocycles. The van der Waals surface area contributed by atoms with Crippen LogP contribution in [0.15, 0.2) is 18.2 Å². The molecule has 1 N–H and O–H groups in total. The zero-order valence-electron chi connectivity index (χ0n) is 13.6. The highest BCUT2D eigenvalue weighted by Crippen LogP contribution is 2.19. The summed E-state index contributed by atoms with van der Waals surface area (Å²) in [6, 6.07) is 7.06. The van der Waals surface area contributed by atoms with Gasteiger partial charge in [-0.1, -0.05) is 6.07 Å². The highest BCUT2D eigenvalue weighted by molar-refractivity contribution is 5.77. The van der Waals surface area contributed by atoms with E-state index in [-0.39, 0.29) is 5.91 Å². The topological polar surface area (TPSA) is 35.6 Å². The summed E-state index contributed by atoms with van der Waals surface area (Å²) in [5, 5.41) is 3.62. The molecule has 0 unspecified atom stereocenters. The van der Waals surface area contributed by atoms with Crippen LogP contribution in [0.3, 0.4) is 0 Å². The van der Waals surface area contributed by atoms with E-state index in [1.165, 1.54) is 16.8 Å². The Hall–Kier alpha value is -1.55. The molecule has 4 heteroatoms. The van der Waals surface area contributed by atoms with E-state index in [4.69, 9.17) is 0 Å². The minimum atomic E-state index is 0.190. The average molecular weight is 289 g/mol. The molecule has 4 nitrogen and oxygen atoms in total. The summed E-state index contributed by atoms with van der Waals surface area (Å²) < 4.78 is 0. The first-order valence-electron chi connectivity index (χ1n) is 7.72. The quantitative estimate of drug-likeness (QED) is 0.923. The average Bonchev–Trinajstić information content (AvgIpc) is 2.45. The van der Waals surface area contributed by atoms with E-state index in [0.717, 1.165) is 25.9 Å². The molecule has 0 bridgehead atoms. The van der Waals surface area contributed by atoms with E-state index < -0.39 is 0 Å². The fourth-order valence-electron chi connectivity index (χ4n) is 2.64. The second-order valence-electron chi connectivity index (χ2n) is 6.28. The second kappa shape index (κ2) is 6.94. The lowest BCUT2D eigenvalue weighted by Crippen LogP contribution is -2.43. The summed E-state index contributed by atoms with van der Waals surface area (Å²) in [6.45, 7) is 6.81. The van der Waals surface area contributed by atoms with Crippen molar-refractivity contribution in [3.8, 4) is 0 Å². The number of nitrogens with one attached hydrogen (secondary N) is 1. The van der Waals surface area contributed by atoms with Crippen LogP contribution in [0.4, 0.5) is 5.69 Å². The maximum atomic E-state index is 11.7. The summed E-state index contributed by atoms with van der Waals surface area (Å²) in [5.41, 5.74) is 3.87. The molecule has 1 aliphatic rings. The summed E-state index contributed by atoms with van der Waals surface area (Å²) in [7, 11) is 3.63. The number of likely N-dealkylation sites (N-methyl/N-ethyl adjacent to an activating group) is 1. The van der Waals surface area contributed by atoms with Crippen molar-refractivity contribution in [1.29, 1.82) is 0 Å². The molecule has 1 aliphatic heterocycles. The minimum absolute atomic E-state index is 0.190. The lowest BCUT2D eigenvalue weighted by molar-refractivity contribution is -0.130. The smallest absolute Gasteiger partial charge is 0.236 e. The number of hydrogen-bond acceptors (Lipinski definition) is 3. The Kier molecular flexibility index (Phi) is 5.23. The number of aryl methyl sites for hydroxylation is 2. The summed E-state index contributed by atoms with van der Waals surface area (Å²) in [5.74, 6) is 0.190. The fourth-order valence-corrected chi connectivity index (χ4v) is 2.64. The fraction of sp³-hybridized carbons (Fsp3) is 0.588. The van der Waals surface area contributed by atoms with Crippen molar-refractivity contribution in [2.75, 3.05) is 39.0 Å². The molecule has 0 spiro atoms. The number of anilines is 1. The third-order valence-electron chi connectivity index (χ3n) is 4.32. The molecule has 1 aromatic rings. The normalized spacial score (nSPS) is 16.8. The molecule has 2 rings (SSSR count). The van der Waals surface area contributed by atoms with Crippen molar-refractivity contribution in [3.05, 3.63) is 29.3 Å². The number of nitrogens with zero attached hydrogens (tertiary/aromatic N) is 2. The molecule has 116 valence electrons. The van der Waals surface area contributed by atoms with Crippen molar-refractivity contribution >= 4 is 11.6 Å². The van der Waals surface area contributed by atoms with Crippen LogP contribution in [0, 0.1) is 13.8 Å². The minimum Gasteiger partial charge on any atom is -0.382 e. The number of rotatable bonds is 4. The van der Waals surface area contributed by atoms with Crippen molar-refractivity contribution in [2.45, 2.75) is 32.7 Å². The zero-order valence-corrected chi connectivity index (χ0v) is 13.6. The second-order valence-corrected chi connectivity index (χ2v) is 6.28. The van der Waals surface area contributed by atoms with Gasteiger partial charge in [-0.05, 0) is 49.9 Å². The zero-order chi connectivity index (χ0) is 15.4. The van der Waals surface area contributed by atoms with Crippen LogP contribution < -0.4 is 5.32 Å². The predicted molar refractivity (Wildman–Crippen MR) is 87.7 cm³/mol. The molecule has 0 aromatic heterocycles. The molecule has 21 heavy (non-hydrogen) atoms. The van der Waals surface area contributed by atoms with Crippen LogP contribution in [0.25, 0.3) is 0 Å². The van der Waals surface area contributed by atoms with Crippen LogP contribution in [0.5, 0.6) is 0 Å². The van der Waals surface area contributed by atoms with Gasteiger partial charge in [0, 0.05) is 38.9 Å². The molecular weight excluding hydrogens is 262 g/mol. The van der Waals surface area contributed by atoms with Gasteiger partial charge in [-0.3, -0.25) is 9.69 Å². The SMILES string of the molecule is Cc1ccc(NC2CCN(CC(=O)N(C)C)CC2)cc1C. The molecule has 1 fully saturated rings. The van der Waals surface area contributed by atoms with Gasteiger partial charge in [-0.2, -0.15) is 0 Å². The highest BCUT2D eigenvalue weighted by atomic mass is 16.2. The number of piperidine rings is 1. The lowest BCUT2D eigenvalue weighted by atomic mass is 10.0. The van der Waals surface area contributed by atoms with Crippen LogP contribution in [0.2, 0.25) is 0 Å². The Balaban J connectivity index is 1.81. The first-order valence-corrected chi connectivity index (χ1v) is 7.72. The monoisotopic (exact) mass is 289 g/mol. The maximum absolute atomic E-state index is 11.7. The molecule has 0 radical (unpaired) electrons. The van der Waals surface area contributed by atoms with E-state index in [1.54, 1.807) is 4.90 Å². The van der Waals surface area contributed by atoms with Crippen molar-refractivity contribution in [1.82, 2.24) is 9.80 Å². The lowest BCUT2D eigenvalue weighted by Gasteiger charge is -2.33. The van der Waals surface area contributed by atoms with E-state index >= 15 is 0 Å². The third-order valence-corrected chi connectivity index (χ3v) is 4.32. The van der Waals surface area contributed by atoms with Gasteiger partial charge in [-0.25, -0.2) is 0 Å². The van der Waals surface area contributed by atoms with E-state index in [0.29, 0.717) is 12.6 Å². The van der Waals surface area contributed by atoms with Crippen LogP contribution in [0.1, 0.15) is 24.0 Å². The standard InChI is InChI=1S/C17H27N3O/c1-13-5-6-16(11-14(13)2)18-15-7-9-20(10-8-15)12-17(21)19(3)4/h5-6,11,15,18H,7-10,12H2,1-4H3. The first-order chi connectivity index (χ1) is 9.95. The largest absolute Gasteiger partial charge is 0.382 e. The van der Waals surface area contributed by atoms with Crippen LogP contribution in [-0.4, -0.2) is 55.5 Å². The third kappa shape index (κ3) is 4.46. The highest BCUT2D eigenvalue weighted by Gasteiger charge is 2.21. The maximum Gasteiger partial charge on any atom is 0.236 e. The molecule has 1 aromatic carbocycles. The number of hydrogen-bond donors (Lipinski definition) is 1. The number of benzene rings is 1. The number of carbonyl (C=O) groups excluding carboxylic acids is 1. The van der Waals surface area contributed by atoms with Crippen molar-refractivity contribution in [3.63, 3.8) is 0 Å². The van der Waals surface area contributed by atoms with E-state index in [9.17, 15) is 4.79 Å². The molecular formula is C17H27N3O. The van der Waals surface area contributed by atoms with Gasteiger partial charge >= 0.3 is 0 Å². The molecule has 0 aliphatic carbocycles. The molecule has 1 saturated heterocycles.